The molecule has 0 saturated heterocycles. The summed E-state index contributed by atoms with van der Waals surface area (Å²) in [4.78, 5) is 16.9. The van der Waals surface area contributed by atoms with E-state index in [-0.39, 0.29) is 30.4 Å². The molecule has 6 rings (SSSR count). The first-order valence-electron chi connectivity index (χ1n) is 10.9. The van der Waals surface area contributed by atoms with Crippen molar-refractivity contribution >= 4 is 15.6 Å². The Morgan fingerprint density at radius 1 is 1.34 bits per heavy atom. The summed E-state index contributed by atoms with van der Waals surface area (Å²) in [5.74, 6) is -5.46. The first kappa shape index (κ1) is 23.9. The molecule has 2 heterocycles. The van der Waals surface area contributed by atoms with Crippen molar-refractivity contribution in [3.05, 3.63) is 40.6 Å². The second-order valence-electron chi connectivity index (χ2n) is 9.91. The maximum Gasteiger partial charge on any atom is 0.420 e. The molecule has 0 spiro atoms. The lowest BCUT2D eigenvalue weighted by Gasteiger charge is -2.37. The summed E-state index contributed by atoms with van der Waals surface area (Å²) < 4.78 is 91.7. The normalized spacial score (nSPS) is 27.5. The van der Waals surface area contributed by atoms with Crippen molar-refractivity contribution in [3.63, 3.8) is 0 Å². The molecule has 4 saturated carbocycles. The Labute approximate surface area is 196 Å². The molecule has 2 aromatic heterocycles. The van der Waals surface area contributed by atoms with Gasteiger partial charge in [-0.15, -0.1) is 0 Å². The first-order valence-corrected chi connectivity index (χ1v) is 12.9. The molecule has 4 aliphatic carbocycles. The van der Waals surface area contributed by atoms with Gasteiger partial charge in [0.1, 0.15) is 11.3 Å². The van der Waals surface area contributed by atoms with Crippen LogP contribution in [-0.4, -0.2) is 42.0 Å². The number of nitrogens with zero attached hydrogens (tertiary/aromatic N) is 4. The Balaban J connectivity index is 1.62. The summed E-state index contributed by atoms with van der Waals surface area (Å²) in [6.45, 7) is -0.252. The van der Waals surface area contributed by atoms with Crippen LogP contribution in [0, 0.1) is 16.1 Å². The van der Waals surface area contributed by atoms with Crippen LogP contribution in [0.5, 0.6) is 0 Å². The third-order valence-electron chi connectivity index (χ3n) is 6.99. The number of pyridine rings is 1. The summed E-state index contributed by atoms with van der Waals surface area (Å²) in [5, 5.41) is 13.3. The van der Waals surface area contributed by atoms with Crippen molar-refractivity contribution in [2.75, 3.05) is 6.26 Å². The minimum Gasteiger partial charge on any atom is -0.428 e. The van der Waals surface area contributed by atoms with Gasteiger partial charge in [0.05, 0.1) is 20.8 Å². The molecule has 1 unspecified atom stereocenters. The van der Waals surface area contributed by atoms with Gasteiger partial charge in [0, 0.05) is 43.3 Å². The van der Waals surface area contributed by atoms with E-state index in [0.29, 0.717) is 17.6 Å². The van der Waals surface area contributed by atoms with E-state index in [1.54, 1.807) is 0 Å². The van der Waals surface area contributed by atoms with Crippen molar-refractivity contribution in [2.24, 2.45) is 16.3 Å². The number of nitrogens with one attached hydrogen (secondary N) is 1. The van der Waals surface area contributed by atoms with Gasteiger partial charge in [-0.2, -0.15) is 23.0 Å². The molecule has 0 aliphatic heterocycles. The molecule has 0 aromatic carbocycles. The number of aromatic nitrogens is 3. The van der Waals surface area contributed by atoms with E-state index in [1.807, 2.05) is 0 Å². The number of rotatable bonds is 5. The van der Waals surface area contributed by atoms with Gasteiger partial charge in [-0.3, -0.25) is 9.48 Å². The van der Waals surface area contributed by atoms with Crippen LogP contribution in [0.15, 0.2) is 28.3 Å². The highest BCUT2D eigenvalue weighted by atomic mass is 32.2. The van der Waals surface area contributed by atoms with Crippen molar-refractivity contribution in [3.8, 4) is 0 Å². The minimum absolute atomic E-state index is 0.150. The molecule has 0 radical (unpaired) electrons. The number of carbonyl (C=O) groups excluding carboxylic acids is 1. The fourth-order valence-corrected chi connectivity index (χ4v) is 6.07. The minimum atomic E-state index is -4.93. The van der Waals surface area contributed by atoms with Crippen LogP contribution in [0.25, 0.3) is 0 Å². The molecule has 35 heavy (non-hydrogen) atoms. The van der Waals surface area contributed by atoms with Gasteiger partial charge in [-0.1, -0.05) is 0 Å². The maximum atomic E-state index is 14.2. The van der Waals surface area contributed by atoms with Crippen molar-refractivity contribution in [2.45, 2.75) is 61.7 Å². The summed E-state index contributed by atoms with van der Waals surface area (Å²) in [6.07, 6.45) is -2.17. The number of hydrogen-bond donors (Lipinski definition) is 2. The molecule has 8 nitrogen and oxygen atoms in total. The molecular weight excluding hydrogens is 497 g/mol. The number of hydrogen-bond acceptors (Lipinski definition) is 5. The van der Waals surface area contributed by atoms with Gasteiger partial charge >= 0.3 is 6.18 Å². The Hall–Kier alpha value is -2.77. The number of carbonyl (C=O) groups is 1. The summed E-state index contributed by atoms with van der Waals surface area (Å²) in [5.41, 5.74) is -3.24. The zero-order valence-corrected chi connectivity index (χ0v) is 19.3. The van der Waals surface area contributed by atoms with E-state index in [2.05, 4.69) is 10.1 Å². The van der Waals surface area contributed by atoms with E-state index >= 15 is 0 Å². The Bertz CT molecular complexity index is 1400. The van der Waals surface area contributed by atoms with Crippen molar-refractivity contribution in [1.82, 2.24) is 14.5 Å². The molecule has 1 atom stereocenters. The Morgan fingerprint density at radius 2 is 2.00 bits per heavy atom. The number of fused-ring (bicyclic) bond motifs is 1. The van der Waals surface area contributed by atoms with Crippen LogP contribution in [0.2, 0.25) is 0 Å². The smallest absolute Gasteiger partial charge is 0.420 e. The summed E-state index contributed by atoms with van der Waals surface area (Å²) in [6, 6.07) is 2.07. The second kappa shape index (κ2) is 7.37. The largest absolute Gasteiger partial charge is 0.428 e. The van der Waals surface area contributed by atoms with E-state index in [4.69, 9.17) is 4.78 Å². The maximum absolute atomic E-state index is 14.2. The van der Waals surface area contributed by atoms with E-state index in [0.717, 1.165) is 29.3 Å². The fraction of sp³-hybridized carbons (Fsp3) is 0.571. The van der Waals surface area contributed by atoms with Gasteiger partial charge in [0.15, 0.2) is 5.03 Å². The Morgan fingerprint density at radius 3 is 2.51 bits per heavy atom. The molecule has 4 fully saturated rings. The van der Waals surface area contributed by atoms with Gasteiger partial charge in [-0.25, -0.2) is 22.8 Å². The summed E-state index contributed by atoms with van der Waals surface area (Å²) >= 11 is 0. The lowest BCUT2D eigenvalue weighted by molar-refractivity contribution is -0.138. The third-order valence-corrected chi connectivity index (χ3v) is 8.10. The lowest BCUT2D eigenvalue weighted by Crippen LogP contribution is -2.35. The first-order chi connectivity index (χ1) is 16.1. The second-order valence-corrected chi connectivity index (χ2v) is 12.0. The number of alkyl halides is 5. The van der Waals surface area contributed by atoms with Crippen LogP contribution < -0.4 is 5.36 Å². The van der Waals surface area contributed by atoms with Gasteiger partial charge < -0.3 is 5.21 Å². The average Bonchev–Trinajstić information content (AvgIpc) is 3.34. The highest BCUT2D eigenvalue weighted by molar-refractivity contribution is 7.91. The lowest BCUT2D eigenvalue weighted by atomic mass is 9.69. The molecule has 2 aromatic rings. The van der Waals surface area contributed by atoms with Crippen LogP contribution in [0.3, 0.4) is 0 Å². The van der Waals surface area contributed by atoms with Crippen molar-refractivity contribution < 1.29 is 36.2 Å². The predicted octanol–water partition coefficient (Wildman–Crippen LogP) is 4.03. The van der Waals surface area contributed by atoms with E-state index in [1.165, 1.54) is 0 Å². The van der Waals surface area contributed by atoms with Crippen LogP contribution >= 0.6 is 0 Å². The van der Waals surface area contributed by atoms with E-state index < -0.39 is 67.7 Å². The molecule has 2 N–H and O–H groups in total. The van der Waals surface area contributed by atoms with Gasteiger partial charge in [-0.05, 0) is 37.2 Å². The van der Waals surface area contributed by atoms with Gasteiger partial charge in [0.2, 0.25) is 0 Å². The van der Waals surface area contributed by atoms with Crippen molar-refractivity contribution in [1.29, 1.82) is 4.78 Å². The topological polar surface area (TPSA) is 113 Å². The zero-order valence-electron chi connectivity index (χ0n) is 18.5. The third kappa shape index (κ3) is 4.15. The van der Waals surface area contributed by atoms with E-state index in [9.17, 15) is 36.2 Å². The molecular formula is C21H22F5N5O3S. The molecule has 1 amide bonds. The number of amides is 1. The highest BCUT2D eigenvalue weighted by Gasteiger charge is 2.66. The molecule has 4 aliphatic rings. The SMILES string of the molecule is CS(=N)(=O)c1cc(=NC(=O)c2c(C(F)(F)F)c(C3CC3)nn2CC23CC(C2)C(F)(F)C3)ccn1O. The molecule has 2 bridgehead atoms. The average molecular weight is 519 g/mol. The van der Waals surface area contributed by atoms with Crippen LogP contribution in [0.1, 0.15) is 59.8 Å². The fourth-order valence-electron chi connectivity index (χ4n) is 5.30. The number of halogens is 5. The molecule has 14 heteroatoms. The molecule has 190 valence electrons. The zero-order chi connectivity index (χ0) is 25.6. The highest BCUT2D eigenvalue weighted by Crippen LogP contribution is 2.66. The quantitative estimate of drug-likeness (QED) is 0.459. The predicted molar refractivity (Wildman–Crippen MR) is 110 cm³/mol. The van der Waals surface area contributed by atoms with Gasteiger partial charge in [0.25, 0.3) is 11.8 Å². The van der Waals surface area contributed by atoms with Crippen LogP contribution in [0.4, 0.5) is 22.0 Å². The monoisotopic (exact) mass is 519 g/mol. The van der Waals surface area contributed by atoms with Crippen LogP contribution in [-0.2, 0) is 22.5 Å². The summed E-state index contributed by atoms with van der Waals surface area (Å²) in [7, 11) is -3.45. The Kier molecular flexibility index (Phi) is 5.04. The standard InChI is InChI=1S/C21H22F5N5O3S/c1-35(27,34)14-6-13(4-5-31(14)33)28-18(32)17-15(21(24,25)26)16(11-2-3-11)29-30(17)10-19-7-12(8-19)20(22,23)9-19/h4-6,11-12,27,33H,2-3,7-10H2,1H3.